The van der Waals surface area contributed by atoms with Crippen LogP contribution in [-0.2, 0) is 0 Å². The van der Waals surface area contributed by atoms with E-state index >= 15 is 0 Å². The summed E-state index contributed by atoms with van der Waals surface area (Å²) < 4.78 is 10.2. The molecule has 0 N–H and O–H groups in total. The Hall–Kier alpha value is -3.14. The predicted molar refractivity (Wildman–Crippen MR) is 95.4 cm³/mol. The zero-order chi connectivity index (χ0) is 17.8. The van der Waals surface area contributed by atoms with Gasteiger partial charge in [0.05, 0.1) is 20.1 Å². The van der Waals surface area contributed by atoms with Crippen molar-refractivity contribution in [2.75, 3.05) is 14.2 Å². The molecule has 2 aromatic rings. The number of hydrogen-bond donors (Lipinski definition) is 0. The fourth-order valence-electron chi connectivity index (χ4n) is 2.77. The summed E-state index contributed by atoms with van der Waals surface area (Å²) in [5, 5.41) is 0. The van der Waals surface area contributed by atoms with E-state index in [0.29, 0.717) is 28.2 Å². The Morgan fingerprint density at radius 2 is 1.32 bits per heavy atom. The Balaban J connectivity index is 1.81. The molecule has 4 nitrogen and oxygen atoms in total. The molecule has 1 unspecified atom stereocenters. The van der Waals surface area contributed by atoms with Gasteiger partial charge in [-0.05, 0) is 48.5 Å². The lowest BCUT2D eigenvalue weighted by Crippen LogP contribution is -2.19. The van der Waals surface area contributed by atoms with E-state index in [9.17, 15) is 9.59 Å². The molecule has 0 saturated heterocycles. The molecule has 4 heteroatoms. The fourth-order valence-corrected chi connectivity index (χ4v) is 2.77. The molecule has 0 spiro atoms. The predicted octanol–water partition coefficient (Wildman–Crippen LogP) is 3.88. The van der Waals surface area contributed by atoms with E-state index in [1.165, 1.54) is 0 Å². The lowest BCUT2D eigenvalue weighted by Gasteiger charge is -2.13. The zero-order valence-electron chi connectivity index (χ0n) is 14.1. The van der Waals surface area contributed by atoms with Gasteiger partial charge in [-0.15, -0.1) is 0 Å². The molecule has 0 fully saturated rings. The monoisotopic (exact) mass is 334 g/mol. The molecule has 0 bridgehead atoms. The average Bonchev–Trinajstić information content (AvgIpc) is 3.16. The molecule has 25 heavy (non-hydrogen) atoms. The third kappa shape index (κ3) is 3.38. The molecular weight excluding hydrogens is 316 g/mol. The van der Waals surface area contributed by atoms with Crippen LogP contribution in [0.1, 0.15) is 20.7 Å². The number of benzene rings is 2. The first-order valence-electron chi connectivity index (χ1n) is 7.89. The van der Waals surface area contributed by atoms with Crippen molar-refractivity contribution in [2.45, 2.75) is 0 Å². The van der Waals surface area contributed by atoms with Crippen molar-refractivity contribution in [1.29, 1.82) is 0 Å². The number of ether oxygens (including phenoxy) is 2. The highest BCUT2D eigenvalue weighted by molar-refractivity contribution is 6.15. The van der Waals surface area contributed by atoms with Gasteiger partial charge in [0.15, 0.2) is 11.6 Å². The number of hydrogen-bond acceptors (Lipinski definition) is 4. The molecule has 0 heterocycles. The van der Waals surface area contributed by atoms with Crippen molar-refractivity contribution >= 4 is 11.6 Å². The topological polar surface area (TPSA) is 52.6 Å². The summed E-state index contributed by atoms with van der Waals surface area (Å²) in [4.78, 5) is 25.6. The number of Topliss-reactive ketones (excluding diaryl/α,β-unsaturated/α-hetero) is 2. The van der Waals surface area contributed by atoms with Crippen molar-refractivity contribution < 1.29 is 19.1 Å². The van der Waals surface area contributed by atoms with E-state index in [1.54, 1.807) is 81.0 Å². The molecule has 0 amide bonds. The summed E-state index contributed by atoms with van der Waals surface area (Å²) in [6.07, 6.45) is 5.21. The van der Waals surface area contributed by atoms with Crippen LogP contribution in [-0.4, -0.2) is 25.8 Å². The van der Waals surface area contributed by atoms with Gasteiger partial charge in [0.1, 0.15) is 11.5 Å². The third-order valence-electron chi connectivity index (χ3n) is 4.19. The Kier molecular flexibility index (Phi) is 4.80. The van der Waals surface area contributed by atoms with Gasteiger partial charge in [0.25, 0.3) is 0 Å². The maximum Gasteiger partial charge on any atom is 0.190 e. The maximum atomic E-state index is 12.8. The number of rotatable bonds is 6. The van der Waals surface area contributed by atoms with Crippen LogP contribution >= 0.6 is 0 Å². The van der Waals surface area contributed by atoms with Gasteiger partial charge in [-0.2, -0.15) is 0 Å². The van der Waals surface area contributed by atoms with E-state index in [1.807, 2.05) is 0 Å². The highest BCUT2D eigenvalue weighted by Crippen LogP contribution is 2.28. The minimum Gasteiger partial charge on any atom is -0.497 e. The summed E-state index contributed by atoms with van der Waals surface area (Å²) in [7, 11) is 3.15. The van der Waals surface area contributed by atoms with E-state index in [0.717, 1.165) is 0 Å². The number of carbonyl (C=O) groups excluding carboxylic acids is 2. The van der Waals surface area contributed by atoms with Crippen molar-refractivity contribution in [3.8, 4) is 11.5 Å². The molecule has 126 valence electrons. The summed E-state index contributed by atoms with van der Waals surface area (Å²) in [6, 6.07) is 13.8. The average molecular weight is 334 g/mol. The zero-order valence-corrected chi connectivity index (χ0v) is 14.1. The molecule has 3 rings (SSSR count). The standard InChI is InChI=1S/C21H18O4/c1-24-16-10-6-14(7-11-16)20(22)18-4-3-5-19(18)21(23)15-8-12-17(25-2)13-9-15/h3-13,18H,1-2H3. The van der Waals surface area contributed by atoms with Gasteiger partial charge in [-0.3, -0.25) is 9.59 Å². The molecule has 0 aliphatic heterocycles. The van der Waals surface area contributed by atoms with Gasteiger partial charge < -0.3 is 9.47 Å². The van der Waals surface area contributed by atoms with Crippen molar-refractivity contribution in [1.82, 2.24) is 0 Å². The van der Waals surface area contributed by atoms with Gasteiger partial charge in [-0.25, -0.2) is 0 Å². The lowest BCUT2D eigenvalue weighted by molar-refractivity contribution is 0.0930. The van der Waals surface area contributed by atoms with Crippen LogP contribution in [0, 0.1) is 5.92 Å². The molecule has 0 radical (unpaired) electrons. The maximum absolute atomic E-state index is 12.8. The van der Waals surface area contributed by atoms with Gasteiger partial charge >= 0.3 is 0 Å². The molecule has 2 aromatic carbocycles. The SMILES string of the molecule is COc1ccc(C(=O)C2=CC=CC2C(=O)c2ccc(OC)cc2)cc1. The molecule has 0 aromatic heterocycles. The van der Waals surface area contributed by atoms with Crippen LogP contribution in [0.25, 0.3) is 0 Å². The van der Waals surface area contributed by atoms with Crippen molar-refractivity contribution in [2.24, 2.45) is 5.92 Å². The molecule has 0 saturated carbocycles. The van der Waals surface area contributed by atoms with Gasteiger partial charge in [0, 0.05) is 16.7 Å². The Labute approximate surface area is 146 Å². The Bertz CT molecular complexity index is 842. The van der Waals surface area contributed by atoms with E-state index < -0.39 is 5.92 Å². The molecule has 1 aliphatic rings. The minimum absolute atomic E-state index is 0.107. The van der Waals surface area contributed by atoms with Crippen LogP contribution in [0.15, 0.2) is 72.3 Å². The molecular formula is C21H18O4. The normalized spacial score (nSPS) is 15.6. The van der Waals surface area contributed by atoms with Crippen LogP contribution in [0.4, 0.5) is 0 Å². The first-order chi connectivity index (χ1) is 12.1. The molecule has 1 aliphatic carbocycles. The fraction of sp³-hybridized carbons (Fsp3) is 0.143. The van der Waals surface area contributed by atoms with Crippen molar-refractivity contribution in [3.63, 3.8) is 0 Å². The van der Waals surface area contributed by atoms with E-state index in [-0.39, 0.29) is 11.6 Å². The first-order valence-corrected chi connectivity index (χ1v) is 7.89. The molecule has 1 atom stereocenters. The Morgan fingerprint density at radius 1 is 0.800 bits per heavy atom. The first kappa shape index (κ1) is 16.7. The number of allylic oxidation sites excluding steroid dienone is 4. The van der Waals surface area contributed by atoms with Crippen LogP contribution in [0.3, 0.4) is 0 Å². The summed E-state index contributed by atoms with van der Waals surface area (Å²) >= 11 is 0. The lowest BCUT2D eigenvalue weighted by atomic mass is 9.88. The Morgan fingerprint density at radius 3 is 1.84 bits per heavy atom. The van der Waals surface area contributed by atoms with Crippen LogP contribution < -0.4 is 9.47 Å². The smallest absolute Gasteiger partial charge is 0.190 e. The summed E-state index contributed by atoms with van der Waals surface area (Å²) in [5.41, 5.74) is 1.56. The van der Waals surface area contributed by atoms with Gasteiger partial charge in [-0.1, -0.05) is 18.2 Å². The number of methoxy groups -OCH3 is 2. The largest absolute Gasteiger partial charge is 0.497 e. The quantitative estimate of drug-likeness (QED) is 0.752. The second-order valence-corrected chi connectivity index (χ2v) is 5.63. The van der Waals surface area contributed by atoms with E-state index in [4.69, 9.17) is 9.47 Å². The minimum atomic E-state index is -0.567. The second kappa shape index (κ2) is 7.18. The number of ketones is 2. The summed E-state index contributed by atoms with van der Waals surface area (Å²) in [5.74, 6) is 0.538. The van der Waals surface area contributed by atoms with Crippen LogP contribution in [0.5, 0.6) is 11.5 Å². The highest BCUT2D eigenvalue weighted by Gasteiger charge is 2.29. The van der Waals surface area contributed by atoms with Crippen molar-refractivity contribution in [3.05, 3.63) is 83.5 Å². The third-order valence-corrected chi connectivity index (χ3v) is 4.19. The van der Waals surface area contributed by atoms with E-state index in [2.05, 4.69) is 0 Å². The second-order valence-electron chi connectivity index (χ2n) is 5.63. The van der Waals surface area contributed by atoms with Crippen LogP contribution in [0.2, 0.25) is 0 Å². The highest BCUT2D eigenvalue weighted by atomic mass is 16.5. The number of carbonyl (C=O) groups is 2. The summed E-state index contributed by atoms with van der Waals surface area (Å²) in [6.45, 7) is 0. The van der Waals surface area contributed by atoms with Gasteiger partial charge in [0.2, 0.25) is 0 Å².